The molecule has 1 fully saturated rings. The quantitative estimate of drug-likeness (QED) is 0.872. The molecule has 1 aromatic carbocycles. The molecule has 6 nitrogen and oxygen atoms in total. The maximum atomic E-state index is 12.3. The van der Waals surface area contributed by atoms with E-state index in [1.165, 1.54) is 4.90 Å². The lowest BCUT2D eigenvalue weighted by Gasteiger charge is -2.24. The number of urea groups is 1. The third-order valence-electron chi connectivity index (χ3n) is 3.84. The van der Waals surface area contributed by atoms with E-state index in [1.54, 1.807) is 25.1 Å². The summed E-state index contributed by atoms with van der Waals surface area (Å²) in [7, 11) is 0. The lowest BCUT2D eigenvalue weighted by molar-refractivity contribution is -0.142. The maximum Gasteiger partial charge on any atom is 0.326 e. The number of carboxylic acids is 1. The number of carbonyl (C=O) groups excluding carboxylic acids is 1. The molecule has 0 spiro atoms. The van der Waals surface area contributed by atoms with E-state index in [1.807, 2.05) is 6.92 Å². The standard InChI is InChI=1S/C15H17N3O3/c1-9-4-3-5-12(11(9)8-16)17-15(21)18-7-6-10(2)13(18)14(19)20/h3-5,10,13H,6-7H2,1-2H3,(H,17,21)(H,19,20). The topological polar surface area (TPSA) is 93.4 Å². The smallest absolute Gasteiger partial charge is 0.326 e. The third-order valence-corrected chi connectivity index (χ3v) is 3.84. The average Bonchev–Trinajstić information content (AvgIpc) is 2.81. The number of likely N-dealkylation sites (tertiary alicyclic amines) is 1. The molecule has 0 bridgehead atoms. The zero-order valence-electron chi connectivity index (χ0n) is 12.0. The summed E-state index contributed by atoms with van der Waals surface area (Å²) >= 11 is 0. The number of amides is 2. The van der Waals surface area contributed by atoms with E-state index >= 15 is 0 Å². The fraction of sp³-hybridized carbons (Fsp3) is 0.400. The van der Waals surface area contributed by atoms with Crippen molar-refractivity contribution in [3.05, 3.63) is 29.3 Å². The minimum Gasteiger partial charge on any atom is -0.480 e. The molecular formula is C15H17N3O3. The van der Waals surface area contributed by atoms with E-state index in [0.29, 0.717) is 24.2 Å². The molecule has 1 aromatic rings. The van der Waals surface area contributed by atoms with Crippen LogP contribution in [0.5, 0.6) is 0 Å². The largest absolute Gasteiger partial charge is 0.480 e. The van der Waals surface area contributed by atoms with Gasteiger partial charge >= 0.3 is 12.0 Å². The van der Waals surface area contributed by atoms with E-state index in [4.69, 9.17) is 5.26 Å². The van der Waals surface area contributed by atoms with Gasteiger partial charge in [0.15, 0.2) is 0 Å². The van der Waals surface area contributed by atoms with Gasteiger partial charge in [0.2, 0.25) is 0 Å². The molecule has 2 rings (SSSR count). The summed E-state index contributed by atoms with van der Waals surface area (Å²) in [4.78, 5) is 24.9. The first kappa shape index (κ1) is 14.9. The summed E-state index contributed by atoms with van der Waals surface area (Å²) in [6, 6.07) is 5.92. The minimum absolute atomic E-state index is 0.0822. The number of hydrogen-bond acceptors (Lipinski definition) is 3. The number of nitrogens with one attached hydrogen (secondary N) is 1. The monoisotopic (exact) mass is 287 g/mol. The first-order valence-electron chi connectivity index (χ1n) is 6.76. The van der Waals surface area contributed by atoms with Gasteiger partial charge in [0, 0.05) is 6.54 Å². The first-order valence-corrected chi connectivity index (χ1v) is 6.76. The van der Waals surface area contributed by atoms with Crippen LogP contribution in [0.15, 0.2) is 18.2 Å². The van der Waals surface area contributed by atoms with E-state index in [-0.39, 0.29) is 5.92 Å². The van der Waals surface area contributed by atoms with Gasteiger partial charge in [-0.05, 0) is 30.9 Å². The maximum absolute atomic E-state index is 12.3. The van der Waals surface area contributed by atoms with Gasteiger partial charge in [0.05, 0.1) is 11.3 Å². The van der Waals surface area contributed by atoms with E-state index in [9.17, 15) is 14.7 Å². The molecule has 2 amide bonds. The number of nitriles is 1. The van der Waals surface area contributed by atoms with Crippen LogP contribution in [0.2, 0.25) is 0 Å². The van der Waals surface area contributed by atoms with Crippen LogP contribution in [0.1, 0.15) is 24.5 Å². The normalized spacial score (nSPS) is 20.9. The zero-order chi connectivity index (χ0) is 15.6. The number of anilines is 1. The number of hydrogen-bond donors (Lipinski definition) is 2. The Bertz CT molecular complexity index is 621. The van der Waals surface area contributed by atoms with Gasteiger partial charge in [-0.15, -0.1) is 0 Å². The molecule has 0 radical (unpaired) electrons. The Kier molecular flexibility index (Phi) is 4.13. The molecule has 2 N–H and O–H groups in total. The average molecular weight is 287 g/mol. The van der Waals surface area contributed by atoms with Crippen molar-refractivity contribution >= 4 is 17.7 Å². The highest BCUT2D eigenvalue weighted by Crippen LogP contribution is 2.26. The van der Waals surface area contributed by atoms with Crippen LogP contribution in [0, 0.1) is 24.2 Å². The SMILES string of the molecule is Cc1cccc(NC(=O)N2CCC(C)C2C(=O)O)c1C#N. The number of aliphatic carboxylic acids is 1. The van der Waals surface area contributed by atoms with Gasteiger partial charge in [-0.1, -0.05) is 19.1 Å². The van der Waals surface area contributed by atoms with Crippen LogP contribution < -0.4 is 5.32 Å². The predicted molar refractivity (Wildman–Crippen MR) is 76.8 cm³/mol. The van der Waals surface area contributed by atoms with Gasteiger partial charge in [0.1, 0.15) is 12.1 Å². The molecule has 0 saturated carbocycles. The predicted octanol–water partition coefficient (Wildman–Crippen LogP) is 2.19. The Morgan fingerprint density at radius 1 is 1.48 bits per heavy atom. The summed E-state index contributed by atoms with van der Waals surface area (Å²) in [6.45, 7) is 4.00. The Balaban J connectivity index is 2.21. The molecule has 21 heavy (non-hydrogen) atoms. The van der Waals surface area contributed by atoms with Crippen molar-refractivity contribution in [3.63, 3.8) is 0 Å². The Morgan fingerprint density at radius 3 is 2.81 bits per heavy atom. The Morgan fingerprint density at radius 2 is 2.19 bits per heavy atom. The van der Waals surface area contributed by atoms with Gasteiger partial charge in [-0.2, -0.15) is 5.26 Å². The molecule has 2 atom stereocenters. The molecular weight excluding hydrogens is 270 g/mol. The van der Waals surface area contributed by atoms with Crippen molar-refractivity contribution in [2.24, 2.45) is 5.92 Å². The summed E-state index contributed by atoms with van der Waals surface area (Å²) in [5.74, 6) is -1.08. The molecule has 0 aromatic heterocycles. The van der Waals surface area contributed by atoms with E-state index < -0.39 is 18.0 Å². The second-order valence-electron chi connectivity index (χ2n) is 5.28. The number of carbonyl (C=O) groups is 2. The Hall–Kier alpha value is -2.55. The van der Waals surface area contributed by atoms with E-state index in [0.717, 1.165) is 5.56 Å². The van der Waals surface area contributed by atoms with Gasteiger partial charge in [0.25, 0.3) is 0 Å². The highest BCUT2D eigenvalue weighted by Gasteiger charge is 2.39. The highest BCUT2D eigenvalue weighted by molar-refractivity contribution is 5.94. The molecule has 6 heteroatoms. The minimum atomic E-state index is -1.00. The molecule has 1 saturated heterocycles. The third kappa shape index (κ3) is 2.82. The van der Waals surface area contributed by atoms with Crippen LogP contribution >= 0.6 is 0 Å². The molecule has 110 valence electrons. The number of aryl methyl sites for hydroxylation is 1. The van der Waals surface area contributed by atoms with Crippen molar-refractivity contribution in [3.8, 4) is 6.07 Å². The van der Waals surface area contributed by atoms with E-state index in [2.05, 4.69) is 11.4 Å². The molecule has 1 aliphatic heterocycles. The van der Waals surface area contributed by atoms with Gasteiger partial charge in [-0.25, -0.2) is 9.59 Å². The van der Waals surface area contributed by atoms with Crippen LogP contribution in [-0.4, -0.2) is 34.6 Å². The van der Waals surface area contributed by atoms with Crippen LogP contribution in [-0.2, 0) is 4.79 Å². The summed E-state index contributed by atoms with van der Waals surface area (Å²) in [6.07, 6.45) is 0.656. The van der Waals surface area contributed by atoms with Crippen LogP contribution in [0.25, 0.3) is 0 Å². The lowest BCUT2D eigenvalue weighted by Crippen LogP contribution is -2.44. The summed E-state index contributed by atoms with van der Waals surface area (Å²) in [5.41, 5.74) is 1.57. The second-order valence-corrected chi connectivity index (χ2v) is 5.28. The molecule has 0 aliphatic carbocycles. The van der Waals surface area contributed by atoms with Gasteiger partial charge in [-0.3, -0.25) is 0 Å². The second kappa shape index (κ2) is 5.83. The lowest BCUT2D eigenvalue weighted by atomic mass is 10.0. The van der Waals surface area contributed by atoms with Crippen molar-refractivity contribution in [1.29, 1.82) is 5.26 Å². The number of nitrogens with zero attached hydrogens (tertiary/aromatic N) is 2. The van der Waals surface area contributed by atoms with Crippen molar-refractivity contribution < 1.29 is 14.7 Å². The Labute approximate surface area is 123 Å². The summed E-state index contributed by atoms with van der Waals surface area (Å²) < 4.78 is 0. The zero-order valence-corrected chi connectivity index (χ0v) is 12.0. The first-order chi connectivity index (χ1) is 9.95. The van der Waals surface area contributed by atoms with Gasteiger partial charge < -0.3 is 15.3 Å². The molecule has 1 heterocycles. The molecule has 2 unspecified atom stereocenters. The van der Waals surface area contributed by atoms with Crippen molar-refractivity contribution in [1.82, 2.24) is 4.90 Å². The van der Waals surface area contributed by atoms with Crippen LogP contribution in [0.3, 0.4) is 0 Å². The number of carboxylic acid groups (broad SMARTS) is 1. The fourth-order valence-electron chi connectivity index (χ4n) is 2.66. The van der Waals surface area contributed by atoms with Crippen molar-refractivity contribution in [2.75, 3.05) is 11.9 Å². The fourth-order valence-corrected chi connectivity index (χ4v) is 2.66. The number of rotatable bonds is 2. The highest BCUT2D eigenvalue weighted by atomic mass is 16.4. The van der Waals surface area contributed by atoms with Crippen molar-refractivity contribution in [2.45, 2.75) is 26.3 Å². The van der Waals surface area contributed by atoms with Crippen LogP contribution in [0.4, 0.5) is 10.5 Å². The number of benzene rings is 1. The molecule has 1 aliphatic rings. The summed E-state index contributed by atoms with van der Waals surface area (Å²) in [5, 5.41) is 21.0.